The van der Waals surface area contributed by atoms with Crippen LogP contribution in [0.3, 0.4) is 0 Å². The lowest BCUT2D eigenvalue weighted by molar-refractivity contribution is -0.143. The Hall–Kier alpha value is -2.44. The van der Waals surface area contributed by atoms with Crippen LogP contribution in [-0.4, -0.2) is 30.9 Å². The number of carbonyl (C=O) groups excluding carboxylic acids is 3. The molecule has 7 heteroatoms. The Labute approximate surface area is 133 Å². The van der Waals surface area contributed by atoms with Crippen molar-refractivity contribution < 1.29 is 23.5 Å². The van der Waals surface area contributed by atoms with Gasteiger partial charge in [0.2, 0.25) is 11.8 Å². The average Bonchev–Trinajstić information content (AvgIpc) is 2.50. The molecule has 1 aromatic rings. The number of anilines is 1. The van der Waals surface area contributed by atoms with Crippen molar-refractivity contribution in [3.8, 4) is 0 Å². The van der Waals surface area contributed by atoms with Crippen molar-refractivity contribution in [1.29, 1.82) is 0 Å². The fourth-order valence-electron chi connectivity index (χ4n) is 2.47. The number of ether oxygens (including phenoxy) is 1. The largest absolute Gasteiger partial charge is 0.466 e. The average molecular weight is 322 g/mol. The Morgan fingerprint density at radius 3 is 2.96 bits per heavy atom. The zero-order valence-corrected chi connectivity index (χ0v) is 12.9. The van der Waals surface area contributed by atoms with Gasteiger partial charge in [-0.05, 0) is 31.0 Å². The number of hydrogen-bond acceptors (Lipinski definition) is 4. The van der Waals surface area contributed by atoms with E-state index in [1.54, 1.807) is 6.92 Å². The van der Waals surface area contributed by atoms with Crippen LogP contribution in [0.15, 0.2) is 18.2 Å². The van der Waals surface area contributed by atoms with Crippen LogP contribution in [0.5, 0.6) is 0 Å². The number of rotatable bonds is 6. The van der Waals surface area contributed by atoms with Gasteiger partial charge in [0, 0.05) is 25.1 Å². The fourth-order valence-corrected chi connectivity index (χ4v) is 2.47. The number of hydrogen-bond donors (Lipinski definition) is 2. The topological polar surface area (TPSA) is 84.5 Å². The summed E-state index contributed by atoms with van der Waals surface area (Å²) < 4.78 is 18.0. The molecule has 0 unspecified atom stereocenters. The van der Waals surface area contributed by atoms with Crippen molar-refractivity contribution in [2.24, 2.45) is 0 Å². The molecule has 1 atom stereocenters. The van der Waals surface area contributed by atoms with E-state index in [0.717, 1.165) is 0 Å². The number of fused-ring (bicyclic) bond motifs is 1. The highest BCUT2D eigenvalue weighted by Crippen LogP contribution is 2.32. The SMILES string of the molecule is CCOC(=O)CCCNC(=O)[C@H]1CC(=O)Nc2cc(F)ccc21. The van der Waals surface area contributed by atoms with Gasteiger partial charge in [-0.1, -0.05) is 6.07 Å². The lowest BCUT2D eigenvalue weighted by atomic mass is 9.89. The highest BCUT2D eigenvalue weighted by atomic mass is 19.1. The maximum absolute atomic E-state index is 13.2. The van der Waals surface area contributed by atoms with Crippen molar-refractivity contribution in [2.75, 3.05) is 18.5 Å². The number of nitrogens with one attached hydrogen (secondary N) is 2. The summed E-state index contributed by atoms with van der Waals surface area (Å²) in [6.07, 6.45) is 0.698. The molecule has 2 N–H and O–H groups in total. The molecule has 2 rings (SSSR count). The molecule has 124 valence electrons. The van der Waals surface area contributed by atoms with E-state index in [0.29, 0.717) is 30.8 Å². The Balaban J connectivity index is 1.92. The van der Waals surface area contributed by atoms with Crippen molar-refractivity contribution in [3.63, 3.8) is 0 Å². The number of carbonyl (C=O) groups is 3. The van der Waals surface area contributed by atoms with Gasteiger partial charge in [-0.2, -0.15) is 0 Å². The molecule has 2 amide bonds. The molecule has 1 aliphatic heterocycles. The van der Waals surface area contributed by atoms with Gasteiger partial charge in [-0.15, -0.1) is 0 Å². The zero-order chi connectivity index (χ0) is 16.8. The molecule has 1 aromatic carbocycles. The van der Waals surface area contributed by atoms with Crippen LogP contribution in [0, 0.1) is 5.82 Å². The van der Waals surface area contributed by atoms with Crippen LogP contribution in [0.25, 0.3) is 0 Å². The maximum Gasteiger partial charge on any atom is 0.305 e. The van der Waals surface area contributed by atoms with Crippen LogP contribution >= 0.6 is 0 Å². The Morgan fingerprint density at radius 1 is 1.43 bits per heavy atom. The number of benzene rings is 1. The highest BCUT2D eigenvalue weighted by Gasteiger charge is 2.30. The number of halogens is 1. The predicted octanol–water partition coefficient (Wildman–Crippen LogP) is 1.71. The van der Waals surface area contributed by atoms with Gasteiger partial charge >= 0.3 is 5.97 Å². The van der Waals surface area contributed by atoms with Crippen molar-refractivity contribution >= 4 is 23.5 Å². The van der Waals surface area contributed by atoms with Gasteiger partial charge < -0.3 is 15.4 Å². The molecular weight excluding hydrogens is 303 g/mol. The first-order valence-corrected chi connectivity index (χ1v) is 7.54. The van der Waals surface area contributed by atoms with Crippen LogP contribution in [-0.2, 0) is 19.1 Å². The summed E-state index contributed by atoms with van der Waals surface area (Å²) in [4.78, 5) is 35.1. The van der Waals surface area contributed by atoms with E-state index in [9.17, 15) is 18.8 Å². The fraction of sp³-hybridized carbons (Fsp3) is 0.438. The van der Waals surface area contributed by atoms with Crippen LogP contribution in [0.4, 0.5) is 10.1 Å². The number of amides is 2. The van der Waals surface area contributed by atoms with Crippen LogP contribution < -0.4 is 10.6 Å². The van der Waals surface area contributed by atoms with E-state index >= 15 is 0 Å². The molecule has 1 aliphatic rings. The minimum absolute atomic E-state index is 0.0162. The molecule has 0 saturated carbocycles. The smallest absolute Gasteiger partial charge is 0.305 e. The summed E-state index contributed by atoms with van der Waals surface area (Å²) >= 11 is 0. The quantitative estimate of drug-likeness (QED) is 0.617. The van der Waals surface area contributed by atoms with Gasteiger partial charge in [0.25, 0.3) is 0 Å². The second kappa shape index (κ2) is 7.71. The third kappa shape index (κ3) is 4.51. The summed E-state index contributed by atoms with van der Waals surface area (Å²) in [5, 5.41) is 5.27. The van der Waals surface area contributed by atoms with Crippen LogP contribution in [0.1, 0.15) is 37.7 Å². The molecule has 0 radical (unpaired) electrons. The Morgan fingerprint density at radius 2 is 2.22 bits per heavy atom. The van der Waals surface area contributed by atoms with Gasteiger partial charge in [-0.25, -0.2) is 4.39 Å². The molecule has 0 bridgehead atoms. The van der Waals surface area contributed by atoms with Gasteiger partial charge in [0.1, 0.15) is 5.82 Å². The molecule has 0 aliphatic carbocycles. The van der Waals surface area contributed by atoms with Gasteiger partial charge in [0.15, 0.2) is 0 Å². The van der Waals surface area contributed by atoms with Crippen molar-refractivity contribution in [2.45, 2.75) is 32.1 Å². The summed E-state index contributed by atoms with van der Waals surface area (Å²) in [5.41, 5.74) is 0.918. The van der Waals surface area contributed by atoms with E-state index in [2.05, 4.69) is 10.6 Å². The first-order chi connectivity index (χ1) is 11.0. The van der Waals surface area contributed by atoms with E-state index < -0.39 is 11.7 Å². The zero-order valence-electron chi connectivity index (χ0n) is 12.9. The van der Waals surface area contributed by atoms with E-state index in [1.165, 1.54) is 18.2 Å². The summed E-state index contributed by atoms with van der Waals surface area (Å²) in [6.45, 7) is 2.37. The first-order valence-electron chi connectivity index (χ1n) is 7.54. The molecular formula is C16H19FN2O4. The van der Waals surface area contributed by atoms with E-state index in [-0.39, 0.29) is 30.6 Å². The summed E-state index contributed by atoms with van der Waals surface area (Å²) in [6, 6.07) is 3.97. The van der Waals surface area contributed by atoms with E-state index in [1.807, 2.05) is 0 Å². The second-order valence-electron chi connectivity index (χ2n) is 5.24. The summed E-state index contributed by atoms with van der Waals surface area (Å²) in [5.74, 6) is -2.06. The lowest BCUT2D eigenvalue weighted by Crippen LogP contribution is -2.35. The lowest BCUT2D eigenvalue weighted by Gasteiger charge is -2.24. The van der Waals surface area contributed by atoms with E-state index in [4.69, 9.17) is 4.74 Å². The Kier molecular flexibility index (Phi) is 5.67. The monoisotopic (exact) mass is 322 g/mol. The third-order valence-corrected chi connectivity index (χ3v) is 3.53. The van der Waals surface area contributed by atoms with Gasteiger partial charge in [0.05, 0.1) is 12.5 Å². The molecule has 1 heterocycles. The highest BCUT2D eigenvalue weighted by molar-refractivity contribution is 6.01. The van der Waals surface area contributed by atoms with Crippen molar-refractivity contribution in [1.82, 2.24) is 5.32 Å². The third-order valence-electron chi connectivity index (χ3n) is 3.53. The van der Waals surface area contributed by atoms with Crippen LogP contribution in [0.2, 0.25) is 0 Å². The maximum atomic E-state index is 13.2. The van der Waals surface area contributed by atoms with Gasteiger partial charge in [-0.3, -0.25) is 14.4 Å². The molecule has 6 nitrogen and oxygen atoms in total. The standard InChI is InChI=1S/C16H19FN2O4/c1-2-23-15(21)4-3-7-18-16(22)12-9-14(20)19-13-8-10(17)5-6-11(12)13/h5-6,8,12H,2-4,7,9H2,1H3,(H,18,22)(H,19,20)/t12-/m0/s1. The first kappa shape index (κ1) is 16.9. The minimum atomic E-state index is -0.651. The molecule has 23 heavy (non-hydrogen) atoms. The Bertz CT molecular complexity index is 618. The minimum Gasteiger partial charge on any atom is -0.466 e. The molecule has 0 aromatic heterocycles. The number of esters is 1. The predicted molar refractivity (Wildman–Crippen MR) is 81.3 cm³/mol. The molecule has 0 saturated heterocycles. The molecule has 0 fully saturated rings. The normalized spacial score (nSPS) is 16.3. The van der Waals surface area contributed by atoms with Crippen molar-refractivity contribution in [3.05, 3.63) is 29.6 Å². The summed E-state index contributed by atoms with van der Waals surface area (Å²) in [7, 11) is 0. The second-order valence-corrected chi connectivity index (χ2v) is 5.24. The molecule has 0 spiro atoms.